The maximum Gasteiger partial charge on any atom is 0.270 e. The fourth-order valence-corrected chi connectivity index (χ4v) is 6.87. The Morgan fingerprint density at radius 3 is 2.52 bits per heavy atom. The van der Waals surface area contributed by atoms with Gasteiger partial charge in [-0.3, -0.25) is 13.8 Å². The zero-order valence-corrected chi connectivity index (χ0v) is 20.7. The highest BCUT2D eigenvalue weighted by molar-refractivity contribution is 7.88. The van der Waals surface area contributed by atoms with Gasteiger partial charge >= 0.3 is 0 Å². The Labute approximate surface area is 202 Å². The summed E-state index contributed by atoms with van der Waals surface area (Å²) in [5.74, 6) is -0.335. The van der Waals surface area contributed by atoms with Crippen molar-refractivity contribution in [3.63, 3.8) is 0 Å². The molecule has 2 aromatic rings. The van der Waals surface area contributed by atoms with E-state index in [1.165, 1.54) is 0 Å². The van der Waals surface area contributed by atoms with Crippen LogP contribution in [0.25, 0.3) is 0 Å². The molecule has 1 aliphatic heterocycles. The van der Waals surface area contributed by atoms with Gasteiger partial charge in [0.1, 0.15) is 11.4 Å². The molecule has 4 rings (SSSR count). The Kier molecular flexibility index (Phi) is 6.71. The standard InChI is InChI=1S/C24H31ClN4O3S/c1-23(2,11-12-26)33(32)24(9-10-24)16-28-13-14-29-19(7-8-20(29)22(28)31)21(30)27-15-17-3-5-18(25)6-4-17/h3-8H,9-16,26H2,1-2H3,(H,27,30). The molecule has 1 unspecified atom stereocenters. The molecule has 1 aliphatic carbocycles. The number of aromatic nitrogens is 1. The summed E-state index contributed by atoms with van der Waals surface area (Å²) in [5, 5.41) is 3.56. The van der Waals surface area contributed by atoms with Gasteiger partial charge in [-0.05, 0) is 69.5 Å². The normalized spacial score (nSPS) is 18.1. The van der Waals surface area contributed by atoms with Crippen LogP contribution in [-0.4, -0.2) is 54.6 Å². The number of carbonyl (C=O) groups is 2. The number of rotatable bonds is 9. The van der Waals surface area contributed by atoms with Crippen molar-refractivity contribution in [2.45, 2.75) is 55.7 Å². The van der Waals surface area contributed by atoms with Crippen LogP contribution in [0.5, 0.6) is 0 Å². The average molecular weight is 491 g/mol. The van der Waals surface area contributed by atoms with Gasteiger partial charge in [-0.2, -0.15) is 0 Å². The van der Waals surface area contributed by atoms with Gasteiger partial charge in [0.05, 0.1) is 4.75 Å². The molecular formula is C24H31ClN4O3S. The van der Waals surface area contributed by atoms with Crippen LogP contribution in [0, 0.1) is 0 Å². The number of nitrogens with zero attached hydrogens (tertiary/aromatic N) is 2. The molecule has 2 aliphatic rings. The second-order valence-corrected chi connectivity index (χ2v) is 12.5. The Morgan fingerprint density at radius 2 is 1.88 bits per heavy atom. The van der Waals surface area contributed by atoms with Crippen LogP contribution in [0.1, 0.15) is 59.7 Å². The van der Waals surface area contributed by atoms with Crippen molar-refractivity contribution in [3.8, 4) is 0 Å². The molecule has 7 nitrogen and oxygen atoms in total. The zero-order chi connectivity index (χ0) is 23.8. The summed E-state index contributed by atoms with van der Waals surface area (Å²) in [6.45, 7) is 6.37. The summed E-state index contributed by atoms with van der Waals surface area (Å²) < 4.78 is 14.4. The van der Waals surface area contributed by atoms with E-state index in [2.05, 4.69) is 5.32 Å². The number of fused-ring (bicyclic) bond motifs is 1. The maximum absolute atomic E-state index is 13.3. The lowest BCUT2D eigenvalue weighted by molar-refractivity contribution is 0.0698. The molecule has 0 radical (unpaired) electrons. The number of nitrogens with two attached hydrogens (primary N) is 1. The van der Waals surface area contributed by atoms with E-state index in [9.17, 15) is 13.8 Å². The smallest absolute Gasteiger partial charge is 0.270 e. The van der Waals surface area contributed by atoms with Crippen molar-refractivity contribution in [3.05, 3.63) is 58.4 Å². The summed E-state index contributed by atoms with van der Waals surface area (Å²) in [6.07, 6.45) is 2.40. The minimum atomic E-state index is -1.08. The third kappa shape index (κ3) is 4.88. The van der Waals surface area contributed by atoms with Gasteiger partial charge in [0.25, 0.3) is 11.8 Å². The van der Waals surface area contributed by atoms with Crippen LogP contribution < -0.4 is 11.1 Å². The minimum absolute atomic E-state index is 0.113. The fourth-order valence-electron chi connectivity index (χ4n) is 4.52. The van der Waals surface area contributed by atoms with Gasteiger partial charge < -0.3 is 20.5 Å². The Bertz CT molecular complexity index is 1080. The van der Waals surface area contributed by atoms with Gasteiger partial charge in [0, 0.05) is 46.7 Å². The van der Waals surface area contributed by atoms with Gasteiger partial charge in [-0.15, -0.1) is 0 Å². The Hall–Kier alpha value is -2.16. The van der Waals surface area contributed by atoms with Crippen LogP contribution >= 0.6 is 11.6 Å². The summed E-state index contributed by atoms with van der Waals surface area (Å²) in [5.41, 5.74) is 7.64. The summed E-state index contributed by atoms with van der Waals surface area (Å²) in [6, 6.07) is 10.7. The van der Waals surface area contributed by atoms with E-state index in [4.69, 9.17) is 17.3 Å². The van der Waals surface area contributed by atoms with Crippen molar-refractivity contribution in [1.29, 1.82) is 0 Å². The lowest BCUT2D eigenvalue weighted by Gasteiger charge is -2.35. The van der Waals surface area contributed by atoms with Crippen molar-refractivity contribution < 1.29 is 13.8 Å². The number of hydrogen-bond donors (Lipinski definition) is 2. The number of carbonyl (C=O) groups excluding carboxylic acids is 2. The number of halogens is 1. The van der Waals surface area contributed by atoms with E-state index in [-0.39, 0.29) is 21.3 Å². The highest BCUT2D eigenvalue weighted by Crippen LogP contribution is 2.47. The molecule has 1 aromatic heterocycles. The number of hydrogen-bond acceptors (Lipinski definition) is 4. The lowest BCUT2D eigenvalue weighted by atomic mass is 10.1. The number of amides is 2. The molecule has 0 saturated heterocycles. The molecule has 1 aromatic carbocycles. The summed E-state index contributed by atoms with van der Waals surface area (Å²) in [4.78, 5) is 27.8. The average Bonchev–Trinajstić information content (AvgIpc) is 3.43. The molecular weight excluding hydrogens is 460 g/mol. The second-order valence-electron chi connectivity index (χ2n) is 9.54. The summed E-state index contributed by atoms with van der Waals surface area (Å²) >= 11 is 5.91. The Balaban J connectivity index is 1.42. The van der Waals surface area contributed by atoms with Crippen LogP contribution in [0.2, 0.25) is 5.02 Å². The first-order valence-corrected chi connectivity index (χ1v) is 12.8. The van der Waals surface area contributed by atoms with Gasteiger partial charge in [0.15, 0.2) is 0 Å². The van der Waals surface area contributed by atoms with E-state index in [0.717, 1.165) is 18.4 Å². The van der Waals surface area contributed by atoms with E-state index in [1.807, 2.05) is 26.0 Å². The Morgan fingerprint density at radius 1 is 1.18 bits per heavy atom. The summed E-state index contributed by atoms with van der Waals surface area (Å²) in [7, 11) is -1.08. The van der Waals surface area contributed by atoms with E-state index in [1.54, 1.807) is 33.7 Å². The molecule has 3 N–H and O–H groups in total. The minimum Gasteiger partial charge on any atom is -0.347 e. The van der Waals surface area contributed by atoms with Crippen molar-refractivity contribution in [2.75, 3.05) is 19.6 Å². The molecule has 2 heterocycles. The first kappa shape index (κ1) is 24.0. The van der Waals surface area contributed by atoms with Crippen molar-refractivity contribution in [2.24, 2.45) is 5.73 Å². The maximum atomic E-state index is 13.3. The molecule has 1 fully saturated rings. The zero-order valence-electron chi connectivity index (χ0n) is 19.1. The molecule has 0 spiro atoms. The first-order chi connectivity index (χ1) is 15.7. The molecule has 9 heteroatoms. The number of nitrogens with one attached hydrogen (secondary N) is 1. The highest BCUT2D eigenvalue weighted by Gasteiger charge is 2.54. The second kappa shape index (κ2) is 9.24. The van der Waals surface area contributed by atoms with E-state index in [0.29, 0.717) is 55.6 Å². The highest BCUT2D eigenvalue weighted by atomic mass is 35.5. The third-order valence-electron chi connectivity index (χ3n) is 6.61. The monoisotopic (exact) mass is 490 g/mol. The molecule has 178 valence electrons. The third-order valence-corrected chi connectivity index (χ3v) is 9.39. The SMILES string of the molecule is CC(C)(CCN)S(=O)C1(CN2CCn3c(C(=O)NCc4ccc(Cl)cc4)ccc3C2=O)CC1. The van der Waals surface area contributed by atoms with Gasteiger partial charge in [0.2, 0.25) is 0 Å². The van der Waals surface area contributed by atoms with Crippen LogP contribution in [0.3, 0.4) is 0 Å². The molecule has 0 bridgehead atoms. The largest absolute Gasteiger partial charge is 0.347 e. The molecule has 33 heavy (non-hydrogen) atoms. The molecule has 1 saturated carbocycles. The fraction of sp³-hybridized carbons (Fsp3) is 0.500. The quantitative estimate of drug-likeness (QED) is 0.564. The lowest BCUT2D eigenvalue weighted by Crippen LogP contribution is -2.49. The van der Waals surface area contributed by atoms with Crippen LogP contribution in [-0.2, 0) is 23.9 Å². The van der Waals surface area contributed by atoms with Crippen molar-refractivity contribution >= 4 is 34.2 Å². The van der Waals surface area contributed by atoms with E-state index < -0.39 is 10.8 Å². The predicted octanol–water partition coefficient (Wildman–Crippen LogP) is 2.94. The van der Waals surface area contributed by atoms with E-state index >= 15 is 0 Å². The number of benzene rings is 1. The van der Waals surface area contributed by atoms with Crippen LogP contribution in [0.15, 0.2) is 36.4 Å². The van der Waals surface area contributed by atoms with Crippen LogP contribution in [0.4, 0.5) is 0 Å². The first-order valence-electron chi connectivity index (χ1n) is 11.3. The van der Waals surface area contributed by atoms with Crippen molar-refractivity contribution in [1.82, 2.24) is 14.8 Å². The molecule has 1 atom stereocenters. The predicted molar refractivity (Wildman–Crippen MR) is 131 cm³/mol. The topological polar surface area (TPSA) is 97.4 Å². The van der Waals surface area contributed by atoms with Gasteiger partial charge in [-0.1, -0.05) is 23.7 Å². The van der Waals surface area contributed by atoms with Gasteiger partial charge in [-0.25, -0.2) is 0 Å². The molecule has 2 amide bonds.